The van der Waals surface area contributed by atoms with Gasteiger partial charge in [-0.15, -0.1) is 0 Å². The normalized spacial score (nSPS) is 11.8. The van der Waals surface area contributed by atoms with Crippen LogP contribution in [0.25, 0.3) is 22.2 Å². The Kier molecular flexibility index (Phi) is 6.41. The number of pyridine rings is 1. The van der Waals surface area contributed by atoms with Crippen molar-refractivity contribution in [2.75, 3.05) is 0 Å². The number of benzene rings is 3. The summed E-state index contributed by atoms with van der Waals surface area (Å²) in [5, 5.41) is 0.702. The molecule has 0 aliphatic heterocycles. The van der Waals surface area contributed by atoms with Crippen LogP contribution in [0.5, 0.6) is 0 Å². The van der Waals surface area contributed by atoms with Gasteiger partial charge in [-0.2, -0.15) is 0 Å². The number of para-hydroxylation sites is 1. The van der Waals surface area contributed by atoms with Crippen molar-refractivity contribution in [2.45, 2.75) is 32.8 Å². The van der Waals surface area contributed by atoms with Crippen LogP contribution in [0.2, 0.25) is 0 Å². The van der Waals surface area contributed by atoms with Gasteiger partial charge >= 0.3 is 5.97 Å². The van der Waals surface area contributed by atoms with Crippen molar-refractivity contribution >= 4 is 22.7 Å². The predicted octanol–water partition coefficient (Wildman–Crippen LogP) is 6.28. The lowest BCUT2D eigenvalue weighted by atomic mass is 10.0. The standard InChI is InChI=1S/C28H25NO3/c1-3-19-14-16-20(17-15-19)25-18-23(22-12-8-9-13-24(22)29-25)28(31)32-26(4-2)27(30)21-10-6-5-7-11-21/h5-18,26H,3-4H2,1-2H3. The molecular weight excluding hydrogens is 398 g/mol. The number of aromatic nitrogens is 1. The molecule has 0 aliphatic carbocycles. The molecule has 0 bridgehead atoms. The number of fused-ring (bicyclic) bond motifs is 1. The van der Waals surface area contributed by atoms with Crippen LogP contribution in [0.15, 0.2) is 84.9 Å². The number of hydrogen-bond acceptors (Lipinski definition) is 4. The van der Waals surface area contributed by atoms with E-state index in [1.54, 1.807) is 30.3 Å². The van der Waals surface area contributed by atoms with E-state index in [0.29, 0.717) is 34.1 Å². The molecule has 1 aromatic heterocycles. The van der Waals surface area contributed by atoms with Crippen LogP contribution in [0, 0.1) is 0 Å². The zero-order chi connectivity index (χ0) is 22.5. The summed E-state index contributed by atoms with van der Waals surface area (Å²) < 4.78 is 5.72. The topological polar surface area (TPSA) is 56.3 Å². The fourth-order valence-corrected chi connectivity index (χ4v) is 3.71. The van der Waals surface area contributed by atoms with E-state index in [4.69, 9.17) is 9.72 Å². The Morgan fingerprint density at radius 3 is 2.25 bits per heavy atom. The van der Waals surface area contributed by atoms with Crippen LogP contribution in [-0.4, -0.2) is 22.8 Å². The second-order valence-electron chi connectivity index (χ2n) is 7.66. The Hall–Kier alpha value is -3.79. The number of Topliss-reactive ketones (excluding diaryl/α,β-unsaturated/α-hetero) is 1. The van der Waals surface area contributed by atoms with Crippen molar-refractivity contribution in [3.63, 3.8) is 0 Å². The summed E-state index contributed by atoms with van der Waals surface area (Å²) in [4.78, 5) is 30.9. The molecule has 0 radical (unpaired) electrons. The van der Waals surface area contributed by atoms with E-state index in [1.165, 1.54) is 5.56 Å². The highest BCUT2D eigenvalue weighted by atomic mass is 16.5. The Labute approximate surface area is 187 Å². The number of esters is 1. The fraction of sp³-hybridized carbons (Fsp3) is 0.179. The maximum atomic E-state index is 13.2. The lowest BCUT2D eigenvalue weighted by Crippen LogP contribution is -2.27. The molecule has 0 aliphatic rings. The van der Waals surface area contributed by atoms with E-state index in [0.717, 1.165) is 12.0 Å². The molecule has 0 saturated heterocycles. The highest BCUT2D eigenvalue weighted by Gasteiger charge is 2.24. The Bertz CT molecular complexity index is 1250. The van der Waals surface area contributed by atoms with Gasteiger partial charge in [0.1, 0.15) is 0 Å². The minimum absolute atomic E-state index is 0.199. The summed E-state index contributed by atoms with van der Waals surface area (Å²) >= 11 is 0. The van der Waals surface area contributed by atoms with Gasteiger partial charge in [-0.3, -0.25) is 4.79 Å². The minimum Gasteiger partial charge on any atom is -0.450 e. The molecule has 4 heteroatoms. The lowest BCUT2D eigenvalue weighted by Gasteiger charge is -2.16. The highest BCUT2D eigenvalue weighted by molar-refractivity contribution is 6.06. The van der Waals surface area contributed by atoms with Crippen LogP contribution in [0.1, 0.15) is 46.5 Å². The molecule has 4 rings (SSSR count). The second-order valence-corrected chi connectivity index (χ2v) is 7.66. The quantitative estimate of drug-likeness (QED) is 0.259. The summed E-state index contributed by atoms with van der Waals surface area (Å²) in [7, 11) is 0. The van der Waals surface area contributed by atoms with Crippen LogP contribution >= 0.6 is 0 Å². The molecule has 0 fully saturated rings. The van der Waals surface area contributed by atoms with Gasteiger partial charge in [0.25, 0.3) is 0 Å². The van der Waals surface area contributed by atoms with Crippen LogP contribution in [0.4, 0.5) is 0 Å². The van der Waals surface area contributed by atoms with E-state index in [2.05, 4.69) is 19.1 Å². The maximum absolute atomic E-state index is 13.2. The summed E-state index contributed by atoms with van der Waals surface area (Å²) in [6.45, 7) is 3.95. The first-order valence-electron chi connectivity index (χ1n) is 10.9. The van der Waals surface area contributed by atoms with Gasteiger partial charge in [0.15, 0.2) is 6.10 Å². The van der Waals surface area contributed by atoms with Crippen molar-refractivity contribution in [2.24, 2.45) is 0 Å². The number of hydrogen-bond donors (Lipinski definition) is 0. The molecule has 0 saturated carbocycles. The summed E-state index contributed by atoms with van der Waals surface area (Å²) in [5.74, 6) is -0.721. The zero-order valence-electron chi connectivity index (χ0n) is 18.2. The molecule has 3 aromatic carbocycles. The SMILES string of the molecule is CCc1ccc(-c2cc(C(=O)OC(CC)C(=O)c3ccccc3)c3ccccc3n2)cc1. The van der Waals surface area contributed by atoms with Crippen molar-refractivity contribution in [3.8, 4) is 11.3 Å². The average Bonchev–Trinajstić information content (AvgIpc) is 2.86. The molecule has 160 valence electrons. The number of aryl methyl sites for hydroxylation is 1. The van der Waals surface area contributed by atoms with Crippen molar-refractivity contribution < 1.29 is 14.3 Å². The van der Waals surface area contributed by atoms with Gasteiger partial charge in [0, 0.05) is 16.5 Å². The molecule has 1 heterocycles. The fourth-order valence-electron chi connectivity index (χ4n) is 3.71. The third kappa shape index (κ3) is 4.45. The monoisotopic (exact) mass is 423 g/mol. The molecule has 4 nitrogen and oxygen atoms in total. The van der Waals surface area contributed by atoms with Crippen LogP contribution in [-0.2, 0) is 11.2 Å². The van der Waals surface area contributed by atoms with Crippen molar-refractivity contribution in [1.82, 2.24) is 4.98 Å². The number of ether oxygens (including phenoxy) is 1. The maximum Gasteiger partial charge on any atom is 0.339 e. The second kappa shape index (κ2) is 9.56. The number of carbonyl (C=O) groups is 2. The molecule has 0 amide bonds. The number of nitrogens with zero attached hydrogens (tertiary/aromatic N) is 1. The number of ketones is 1. The van der Waals surface area contributed by atoms with E-state index in [1.807, 2.05) is 49.4 Å². The summed E-state index contributed by atoms with van der Waals surface area (Å²) in [6, 6.07) is 26.3. The number of carbonyl (C=O) groups excluding carboxylic acids is 2. The molecule has 1 unspecified atom stereocenters. The molecule has 0 N–H and O–H groups in total. The van der Waals surface area contributed by atoms with Crippen molar-refractivity contribution in [3.05, 3.63) is 102 Å². The molecule has 4 aromatic rings. The largest absolute Gasteiger partial charge is 0.450 e. The van der Waals surface area contributed by atoms with Gasteiger partial charge in [-0.05, 0) is 30.5 Å². The van der Waals surface area contributed by atoms with Gasteiger partial charge < -0.3 is 4.74 Å². The minimum atomic E-state index is -0.843. The van der Waals surface area contributed by atoms with Gasteiger partial charge in [-0.1, -0.05) is 86.6 Å². The third-order valence-electron chi connectivity index (χ3n) is 5.56. The van der Waals surface area contributed by atoms with E-state index in [9.17, 15) is 9.59 Å². The molecule has 0 spiro atoms. The number of rotatable bonds is 7. The van der Waals surface area contributed by atoms with E-state index < -0.39 is 12.1 Å². The first kappa shape index (κ1) is 21.4. The van der Waals surface area contributed by atoms with Gasteiger partial charge in [-0.25, -0.2) is 9.78 Å². The van der Waals surface area contributed by atoms with Crippen LogP contribution in [0.3, 0.4) is 0 Å². The first-order valence-corrected chi connectivity index (χ1v) is 10.9. The van der Waals surface area contributed by atoms with Crippen molar-refractivity contribution in [1.29, 1.82) is 0 Å². The average molecular weight is 424 g/mol. The Morgan fingerprint density at radius 2 is 1.56 bits per heavy atom. The predicted molar refractivity (Wildman–Crippen MR) is 127 cm³/mol. The van der Waals surface area contributed by atoms with E-state index in [-0.39, 0.29) is 5.78 Å². The van der Waals surface area contributed by atoms with Gasteiger partial charge in [0.05, 0.1) is 16.8 Å². The molecule has 1 atom stereocenters. The zero-order valence-corrected chi connectivity index (χ0v) is 18.2. The van der Waals surface area contributed by atoms with Crippen LogP contribution < -0.4 is 0 Å². The first-order chi connectivity index (χ1) is 15.6. The molecular formula is C28H25NO3. The Morgan fingerprint density at radius 1 is 0.875 bits per heavy atom. The molecule has 32 heavy (non-hydrogen) atoms. The Balaban J connectivity index is 1.70. The van der Waals surface area contributed by atoms with Gasteiger partial charge in [0.2, 0.25) is 5.78 Å². The third-order valence-corrected chi connectivity index (χ3v) is 5.56. The smallest absolute Gasteiger partial charge is 0.339 e. The lowest BCUT2D eigenvalue weighted by molar-refractivity contribution is 0.0279. The van der Waals surface area contributed by atoms with E-state index >= 15 is 0 Å². The summed E-state index contributed by atoms with van der Waals surface area (Å²) in [6.07, 6.45) is 0.508. The summed E-state index contributed by atoms with van der Waals surface area (Å²) in [5.41, 5.74) is 4.50. The highest BCUT2D eigenvalue weighted by Crippen LogP contribution is 2.26.